The van der Waals surface area contributed by atoms with E-state index in [2.05, 4.69) is 28.6 Å². The second-order valence-corrected chi connectivity index (χ2v) is 10.1. The Kier molecular flexibility index (Phi) is 14.6. The van der Waals surface area contributed by atoms with Crippen molar-refractivity contribution >= 4 is 59.8 Å². The molecule has 10 nitrogen and oxygen atoms in total. The summed E-state index contributed by atoms with van der Waals surface area (Å²) in [7, 11) is 0. The van der Waals surface area contributed by atoms with Crippen LogP contribution < -0.4 is 21.7 Å². The molecule has 0 fully saturated rings. The van der Waals surface area contributed by atoms with Crippen molar-refractivity contribution < 1.29 is 29.4 Å². The molecule has 196 valence electrons. The monoisotopic (exact) mass is 546 g/mol. The number of phenolic OH excluding ortho intramolecular Hbond substituents is 1. The molecule has 4 atom stereocenters. The molecular weight excluding hydrogens is 512 g/mol. The quantitative estimate of drug-likeness (QED) is 0.143. The van der Waals surface area contributed by atoms with Gasteiger partial charge in [0.1, 0.15) is 23.9 Å². The number of carbonyl (C=O) groups is 4. The molecular formula is C22H34N4O6S3. The van der Waals surface area contributed by atoms with Crippen molar-refractivity contribution in [3.05, 3.63) is 29.8 Å². The van der Waals surface area contributed by atoms with E-state index in [9.17, 15) is 29.4 Å². The van der Waals surface area contributed by atoms with E-state index in [1.807, 2.05) is 12.5 Å². The number of carbonyl (C=O) groups excluding carboxylic acids is 3. The number of aromatic hydroxyl groups is 1. The Balaban J connectivity index is 2.89. The molecule has 0 spiro atoms. The second kappa shape index (κ2) is 16.6. The van der Waals surface area contributed by atoms with E-state index in [-0.39, 0.29) is 24.3 Å². The SMILES string of the molecule is CSCCC(NC(=O)C(N)Cc1ccc(O)cc1)C(=O)NC(CCSC)C(=O)NC(CS)C(=O)O. The highest BCUT2D eigenvalue weighted by atomic mass is 32.2. The zero-order valence-corrected chi connectivity index (χ0v) is 22.3. The highest BCUT2D eigenvalue weighted by molar-refractivity contribution is 7.98. The first-order chi connectivity index (χ1) is 16.6. The maximum Gasteiger partial charge on any atom is 0.327 e. The highest BCUT2D eigenvalue weighted by Gasteiger charge is 2.29. The Bertz CT molecular complexity index is 843. The first kappa shape index (κ1) is 30.9. The van der Waals surface area contributed by atoms with Gasteiger partial charge in [-0.1, -0.05) is 12.1 Å². The van der Waals surface area contributed by atoms with Crippen LogP contribution >= 0.6 is 36.2 Å². The van der Waals surface area contributed by atoms with Crippen LogP contribution in [-0.2, 0) is 25.6 Å². The minimum atomic E-state index is -1.23. The molecule has 0 saturated carbocycles. The number of nitrogens with one attached hydrogen (secondary N) is 3. The van der Waals surface area contributed by atoms with Crippen molar-refractivity contribution in [2.24, 2.45) is 5.73 Å². The molecule has 1 aromatic rings. The minimum absolute atomic E-state index is 0.102. The van der Waals surface area contributed by atoms with Crippen molar-refractivity contribution in [2.45, 2.75) is 43.4 Å². The number of thiol groups is 1. The molecule has 4 unspecified atom stereocenters. The largest absolute Gasteiger partial charge is 0.508 e. The third-order valence-corrected chi connectivity index (χ3v) is 6.67. The van der Waals surface area contributed by atoms with Crippen molar-refractivity contribution in [3.63, 3.8) is 0 Å². The Morgan fingerprint density at radius 3 is 1.77 bits per heavy atom. The van der Waals surface area contributed by atoms with Crippen LogP contribution in [0, 0.1) is 0 Å². The third kappa shape index (κ3) is 11.5. The molecule has 0 saturated heterocycles. The van der Waals surface area contributed by atoms with E-state index in [0.29, 0.717) is 17.9 Å². The maximum atomic E-state index is 13.0. The van der Waals surface area contributed by atoms with Gasteiger partial charge in [0.05, 0.1) is 6.04 Å². The number of nitrogens with two attached hydrogens (primary N) is 1. The molecule has 0 radical (unpaired) electrons. The lowest BCUT2D eigenvalue weighted by atomic mass is 10.0. The molecule has 0 bridgehead atoms. The smallest absolute Gasteiger partial charge is 0.327 e. The molecule has 13 heteroatoms. The van der Waals surface area contributed by atoms with Gasteiger partial charge in [0, 0.05) is 5.75 Å². The van der Waals surface area contributed by atoms with Crippen molar-refractivity contribution in [1.82, 2.24) is 16.0 Å². The lowest BCUT2D eigenvalue weighted by molar-refractivity contribution is -0.141. The van der Waals surface area contributed by atoms with Crippen LogP contribution in [0.5, 0.6) is 5.75 Å². The van der Waals surface area contributed by atoms with Crippen molar-refractivity contribution in [1.29, 1.82) is 0 Å². The summed E-state index contributed by atoms with van der Waals surface area (Å²) >= 11 is 6.92. The van der Waals surface area contributed by atoms with Gasteiger partial charge in [0.25, 0.3) is 0 Å². The average Bonchev–Trinajstić information content (AvgIpc) is 2.83. The number of amides is 3. The van der Waals surface area contributed by atoms with Crippen LogP contribution in [0.3, 0.4) is 0 Å². The fourth-order valence-corrected chi connectivity index (χ4v) is 4.19. The topological polar surface area (TPSA) is 171 Å². The number of benzene rings is 1. The van der Waals surface area contributed by atoms with Crippen LogP contribution in [0.4, 0.5) is 0 Å². The molecule has 0 aliphatic carbocycles. The molecule has 1 rings (SSSR count). The summed E-state index contributed by atoms with van der Waals surface area (Å²) in [6.07, 6.45) is 4.52. The predicted molar refractivity (Wildman–Crippen MR) is 143 cm³/mol. The summed E-state index contributed by atoms with van der Waals surface area (Å²) in [6.45, 7) is 0. The van der Waals surface area contributed by atoms with Gasteiger partial charge in [-0.3, -0.25) is 14.4 Å². The van der Waals surface area contributed by atoms with Gasteiger partial charge in [-0.15, -0.1) is 0 Å². The van der Waals surface area contributed by atoms with E-state index in [0.717, 1.165) is 5.56 Å². The lowest BCUT2D eigenvalue weighted by Gasteiger charge is -2.25. The maximum absolute atomic E-state index is 13.0. The van der Waals surface area contributed by atoms with Crippen LogP contribution in [-0.4, -0.2) is 87.8 Å². The Labute approximate surface area is 219 Å². The predicted octanol–water partition coefficient (Wildman–Crippen LogP) is 0.237. The van der Waals surface area contributed by atoms with E-state index in [4.69, 9.17) is 5.73 Å². The molecule has 7 N–H and O–H groups in total. The fourth-order valence-electron chi connectivity index (χ4n) is 3.00. The van der Waals surface area contributed by atoms with Gasteiger partial charge in [-0.2, -0.15) is 36.2 Å². The number of carboxylic acids is 1. The van der Waals surface area contributed by atoms with Gasteiger partial charge in [-0.05, 0) is 61.0 Å². The number of aliphatic carboxylic acids is 1. The number of hydrogen-bond acceptors (Lipinski definition) is 9. The summed E-state index contributed by atoms with van der Waals surface area (Å²) in [5.74, 6) is -1.80. The van der Waals surface area contributed by atoms with Crippen LogP contribution in [0.15, 0.2) is 24.3 Å². The Morgan fingerprint density at radius 1 is 0.886 bits per heavy atom. The zero-order chi connectivity index (χ0) is 26.4. The van der Waals surface area contributed by atoms with Gasteiger partial charge in [0.15, 0.2) is 0 Å². The summed E-state index contributed by atoms with van der Waals surface area (Å²) < 4.78 is 0. The number of thioether (sulfide) groups is 2. The Hall–Kier alpha value is -2.09. The lowest BCUT2D eigenvalue weighted by Crippen LogP contribution is -2.57. The Morgan fingerprint density at radius 2 is 1.34 bits per heavy atom. The molecule has 0 heterocycles. The van der Waals surface area contributed by atoms with Gasteiger partial charge in [0.2, 0.25) is 17.7 Å². The molecule has 0 aliphatic rings. The standard InChI is InChI=1S/C22H34N4O6S3/c1-34-9-7-16(24-19(28)15(23)11-13-3-5-14(27)6-4-13)20(29)25-17(8-10-35-2)21(30)26-18(12-33)22(31)32/h3-6,15-18,27,33H,7-12,23H2,1-2H3,(H,24,28)(H,25,29)(H,26,30)(H,31,32). The number of rotatable bonds is 16. The molecule has 0 aliphatic heterocycles. The normalized spacial score (nSPS) is 14.3. The van der Waals surface area contributed by atoms with E-state index < -0.39 is 47.9 Å². The second-order valence-electron chi connectivity index (χ2n) is 7.74. The van der Waals surface area contributed by atoms with Crippen LogP contribution in [0.25, 0.3) is 0 Å². The van der Waals surface area contributed by atoms with Crippen molar-refractivity contribution in [3.8, 4) is 5.75 Å². The average molecular weight is 547 g/mol. The molecule has 1 aromatic carbocycles. The summed E-state index contributed by atoms with van der Waals surface area (Å²) in [6, 6.07) is 2.29. The first-order valence-electron chi connectivity index (χ1n) is 10.9. The third-order valence-electron chi connectivity index (χ3n) is 5.01. The van der Waals surface area contributed by atoms with E-state index in [1.165, 1.54) is 35.7 Å². The summed E-state index contributed by atoms with van der Waals surface area (Å²) in [4.78, 5) is 49.7. The number of carboxylic acid groups (broad SMARTS) is 1. The first-order valence-corrected chi connectivity index (χ1v) is 14.3. The molecule has 35 heavy (non-hydrogen) atoms. The molecule has 0 aromatic heterocycles. The number of phenols is 1. The van der Waals surface area contributed by atoms with Crippen LogP contribution in [0.1, 0.15) is 18.4 Å². The van der Waals surface area contributed by atoms with Crippen LogP contribution in [0.2, 0.25) is 0 Å². The van der Waals surface area contributed by atoms with Gasteiger partial charge in [-0.25, -0.2) is 4.79 Å². The van der Waals surface area contributed by atoms with Gasteiger partial charge >= 0.3 is 5.97 Å². The highest BCUT2D eigenvalue weighted by Crippen LogP contribution is 2.11. The van der Waals surface area contributed by atoms with E-state index >= 15 is 0 Å². The van der Waals surface area contributed by atoms with E-state index in [1.54, 1.807) is 12.1 Å². The zero-order valence-electron chi connectivity index (χ0n) is 19.7. The summed E-state index contributed by atoms with van der Waals surface area (Å²) in [5, 5.41) is 26.3. The summed E-state index contributed by atoms with van der Waals surface area (Å²) in [5.41, 5.74) is 6.79. The minimum Gasteiger partial charge on any atom is -0.508 e. The van der Waals surface area contributed by atoms with Crippen molar-refractivity contribution in [2.75, 3.05) is 29.8 Å². The molecule has 3 amide bonds. The fraction of sp³-hybridized carbons (Fsp3) is 0.545. The van der Waals surface area contributed by atoms with Gasteiger partial charge < -0.3 is 31.9 Å². The number of hydrogen-bond donors (Lipinski definition) is 7.